The van der Waals surface area contributed by atoms with E-state index in [0.29, 0.717) is 22.9 Å². The first-order chi connectivity index (χ1) is 10.0. The predicted molar refractivity (Wildman–Crippen MR) is 87.1 cm³/mol. The van der Waals surface area contributed by atoms with E-state index >= 15 is 0 Å². The maximum Gasteiger partial charge on any atom is 0.179 e. The highest BCUT2D eigenvalue weighted by molar-refractivity contribution is 9.10. The van der Waals surface area contributed by atoms with Crippen LogP contribution < -0.4 is 15.2 Å². The largest absolute Gasteiger partial charge is 0.493 e. The van der Waals surface area contributed by atoms with Crippen LogP contribution in [0.25, 0.3) is 0 Å². The molecular weight excluding hydrogens is 356 g/mol. The molecule has 2 aromatic rings. The van der Waals surface area contributed by atoms with E-state index in [1.807, 2.05) is 18.2 Å². The van der Waals surface area contributed by atoms with Crippen molar-refractivity contribution in [3.8, 4) is 11.5 Å². The average molecular weight is 372 g/mol. The SMILES string of the molecule is COc1cc(C(N)Cc2ccc(Br)cn2)cc(Cl)c1OC. The number of rotatable bonds is 5. The summed E-state index contributed by atoms with van der Waals surface area (Å²) in [6.45, 7) is 0. The molecule has 2 N–H and O–H groups in total. The van der Waals surface area contributed by atoms with Crippen LogP contribution in [-0.2, 0) is 6.42 Å². The van der Waals surface area contributed by atoms with Crippen LogP contribution in [0.3, 0.4) is 0 Å². The van der Waals surface area contributed by atoms with Crippen molar-refractivity contribution in [1.82, 2.24) is 4.98 Å². The van der Waals surface area contributed by atoms with Gasteiger partial charge in [-0.3, -0.25) is 4.98 Å². The molecule has 6 heteroatoms. The smallest absolute Gasteiger partial charge is 0.179 e. The minimum Gasteiger partial charge on any atom is -0.493 e. The van der Waals surface area contributed by atoms with Gasteiger partial charge in [0.2, 0.25) is 0 Å². The van der Waals surface area contributed by atoms with Crippen LogP contribution in [0.1, 0.15) is 17.3 Å². The van der Waals surface area contributed by atoms with Crippen LogP contribution in [-0.4, -0.2) is 19.2 Å². The maximum absolute atomic E-state index is 6.24. The first kappa shape index (κ1) is 16.1. The van der Waals surface area contributed by atoms with Gasteiger partial charge in [0.05, 0.1) is 19.2 Å². The third-order valence-corrected chi connectivity index (χ3v) is 3.85. The van der Waals surface area contributed by atoms with Crippen LogP contribution in [0.4, 0.5) is 0 Å². The number of methoxy groups -OCH3 is 2. The molecule has 1 unspecified atom stereocenters. The van der Waals surface area contributed by atoms with Crippen molar-refractivity contribution in [3.63, 3.8) is 0 Å². The lowest BCUT2D eigenvalue weighted by atomic mass is 10.0. The second-order valence-electron chi connectivity index (χ2n) is 4.52. The summed E-state index contributed by atoms with van der Waals surface area (Å²) in [6, 6.07) is 7.29. The number of hydrogen-bond acceptors (Lipinski definition) is 4. The Labute approximate surface area is 137 Å². The molecule has 0 radical (unpaired) electrons. The summed E-state index contributed by atoms with van der Waals surface area (Å²) in [6.07, 6.45) is 2.36. The Kier molecular flexibility index (Phi) is 5.45. The van der Waals surface area contributed by atoms with Crippen molar-refractivity contribution in [2.24, 2.45) is 5.73 Å². The van der Waals surface area contributed by atoms with Gasteiger partial charge in [-0.1, -0.05) is 11.6 Å². The molecule has 0 fully saturated rings. The Morgan fingerprint density at radius 1 is 1.29 bits per heavy atom. The average Bonchev–Trinajstić information content (AvgIpc) is 2.48. The van der Waals surface area contributed by atoms with E-state index in [2.05, 4.69) is 20.9 Å². The number of benzene rings is 1. The fourth-order valence-electron chi connectivity index (χ4n) is 2.02. The summed E-state index contributed by atoms with van der Waals surface area (Å²) in [5.74, 6) is 1.08. The van der Waals surface area contributed by atoms with Crippen LogP contribution in [0.15, 0.2) is 34.9 Å². The molecule has 1 heterocycles. The number of halogens is 2. The first-order valence-electron chi connectivity index (χ1n) is 6.32. The third kappa shape index (κ3) is 3.87. The molecule has 1 atom stereocenters. The van der Waals surface area contributed by atoms with Crippen LogP contribution >= 0.6 is 27.5 Å². The molecule has 1 aromatic carbocycles. The van der Waals surface area contributed by atoms with Gasteiger partial charge in [0, 0.05) is 28.8 Å². The molecule has 1 aromatic heterocycles. The molecule has 0 bridgehead atoms. The maximum atomic E-state index is 6.24. The molecule has 0 spiro atoms. The summed E-state index contributed by atoms with van der Waals surface area (Å²) in [5.41, 5.74) is 8.03. The van der Waals surface area contributed by atoms with Crippen molar-refractivity contribution in [1.29, 1.82) is 0 Å². The van der Waals surface area contributed by atoms with E-state index in [9.17, 15) is 0 Å². The van der Waals surface area contributed by atoms with Gasteiger partial charge < -0.3 is 15.2 Å². The van der Waals surface area contributed by atoms with Gasteiger partial charge >= 0.3 is 0 Å². The molecule has 0 saturated carbocycles. The van der Waals surface area contributed by atoms with E-state index < -0.39 is 0 Å². The number of ether oxygens (including phenoxy) is 2. The normalized spacial score (nSPS) is 12.0. The zero-order chi connectivity index (χ0) is 15.4. The predicted octanol–water partition coefficient (Wildman–Crippen LogP) is 3.76. The summed E-state index contributed by atoms with van der Waals surface area (Å²) in [5, 5.41) is 0.478. The van der Waals surface area contributed by atoms with Crippen molar-refractivity contribution >= 4 is 27.5 Å². The summed E-state index contributed by atoms with van der Waals surface area (Å²) in [4.78, 5) is 4.33. The van der Waals surface area contributed by atoms with Crippen molar-refractivity contribution < 1.29 is 9.47 Å². The van der Waals surface area contributed by atoms with Gasteiger partial charge in [0.15, 0.2) is 11.5 Å². The van der Waals surface area contributed by atoms with E-state index in [-0.39, 0.29) is 6.04 Å². The van der Waals surface area contributed by atoms with Crippen molar-refractivity contribution in [2.45, 2.75) is 12.5 Å². The topological polar surface area (TPSA) is 57.4 Å². The Morgan fingerprint density at radius 2 is 2.05 bits per heavy atom. The molecule has 0 amide bonds. The van der Waals surface area contributed by atoms with Crippen LogP contribution in [0.2, 0.25) is 5.02 Å². The number of nitrogens with zero attached hydrogens (tertiary/aromatic N) is 1. The second kappa shape index (κ2) is 7.11. The van der Waals surface area contributed by atoms with Gasteiger partial charge in [0.25, 0.3) is 0 Å². The van der Waals surface area contributed by atoms with Gasteiger partial charge in [0.1, 0.15) is 0 Å². The highest BCUT2D eigenvalue weighted by Crippen LogP contribution is 2.37. The molecule has 21 heavy (non-hydrogen) atoms. The van der Waals surface area contributed by atoms with Gasteiger partial charge in [-0.15, -0.1) is 0 Å². The standard InChI is InChI=1S/C15H16BrClN2O2/c1-20-14-6-9(5-12(17)15(14)21-2)13(18)7-11-4-3-10(16)8-19-11/h3-6,8,13H,7,18H2,1-2H3. The highest BCUT2D eigenvalue weighted by Gasteiger charge is 2.15. The molecule has 112 valence electrons. The minimum absolute atomic E-state index is 0.226. The fourth-order valence-corrected chi connectivity index (χ4v) is 2.55. The third-order valence-electron chi connectivity index (χ3n) is 3.10. The summed E-state index contributed by atoms with van der Waals surface area (Å²) < 4.78 is 11.4. The lowest BCUT2D eigenvalue weighted by molar-refractivity contribution is 0.354. The second-order valence-corrected chi connectivity index (χ2v) is 5.84. The lowest BCUT2D eigenvalue weighted by Crippen LogP contribution is -2.14. The van der Waals surface area contributed by atoms with E-state index in [0.717, 1.165) is 15.7 Å². The zero-order valence-electron chi connectivity index (χ0n) is 11.8. The van der Waals surface area contributed by atoms with Crippen molar-refractivity contribution in [2.75, 3.05) is 14.2 Å². The Bertz CT molecular complexity index is 620. The van der Waals surface area contributed by atoms with Gasteiger partial charge in [-0.05, 0) is 45.8 Å². The van der Waals surface area contributed by atoms with E-state index in [1.54, 1.807) is 26.5 Å². The van der Waals surface area contributed by atoms with Gasteiger partial charge in [-0.2, -0.15) is 0 Å². The van der Waals surface area contributed by atoms with E-state index in [1.165, 1.54) is 0 Å². The molecule has 0 aliphatic carbocycles. The number of hydrogen-bond donors (Lipinski definition) is 1. The molecule has 4 nitrogen and oxygen atoms in total. The molecule has 0 saturated heterocycles. The van der Waals surface area contributed by atoms with Crippen molar-refractivity contribution in [3.05, 3.63) is 51.2 Å². The lowest BCUT2D eigenvalue weighted by Gasteiger charge is -2.16. The van der Waals surface area contributed by atoms with Crippen LogP contribution in [0.5, 0.6) is 11.5 Å². The fraction of sp³-hybridized carbons (Fsp3) is 0.267. The number of pyridine rings is 1. The minimum atomic E-state index is -0.226. The highest BCUT2D eigenvalue weighted by atomic mass is 79.9. The molecule has 2 rings (SSSR count). The molecule has 0 aliphatic heterocycles. The number of aromatic nitrogens is 1. The Hall–Kier alpha value is -1.30. The van der Waals surface area contributed by atoms with Gasteiger partial charge in [-0.25, -0.2) is 0 Å². The summed E-state index contributed by atoms with van der Waals surface area (Å²) >= 11 is 9.56. The first-order valence-corrected chi connectivity index (χ1v) is 7.49. The summed E-state index contributed by atoms with van der Waals surface area (Å²) in [7, 11) is 3.12. The Balaban J connectivity index is 2.24. The monoisotopic (exact) mass is 370 g/mol. The molecular formula is C15H16BrClN2O2. The Morgan fingerprint density at radius 3 is 2.62 bits per heavy atom. The zero-order valence-corrected chi connectivity index (χ0v) is 14.1. The van der Waals surface area contributed by atoms with E-state index in [4.69, 9.17) is 26.8 Å². The molecule has 0 aliphatic rings. The quantitative estimate of drug-likeness (QED) is 0.869. The number of nitrogens with two attached hydrogens (primary N) is 1. The van der Waals surface area contributed by atoms with Crippen LogP contribution in [0, 0.1) is 0 Å².